The molecule has 0 radical (unpaired) electrons. The lowest BCUT2D eigenvalue weighted by molar-refractivity contribution is -0.155. The summed E-state index contributed by atoms with van der Waals surface area (Å²) in [7, 11) is 1.55. The maximum Gasteiger partial charge on any atom is 0.303 e. The number of allylic oxidation sites excluding steroid dienone is 1. The van der Waals surface area contributed by atoms with Gasteiger partial charge in [-0.1, -0.05) is 6.08 Å². The number of hydrogen-bond donors (Lipinski definition) is 1. The van der Waals surface area contributed by atoms with Crippen molar-refractivity contribution in [3.05, 3.63) is 12.7 Å². The van der Waals surface area contributed by atoms with Crippen LogP contribution in [0.1, 0.15) is 27.7 Å². The second kappa shape index (κ2) is 19.0. The van der Waals surface area contributed by atoms with E-state index in [9.17, 15) is 9.59 Å². The van der Waals surface area contributed by atoms with Gasteiger partial charge in [-0.05, 0) is 13.8 Å². The van der Waals surface area contributed by atoms with E-state index in [1.165, 1.54) is 13.8 Å². The molecule has 0 saturated heterocycles. The first-order chi connectivity index (χ1) is 8.85. The van der Waals surface area contributed by atoms with Gasteiger partial charge in [0, 0.05) is 21.0 Å². The predicted molar refractivity (Wildman–Crippen MR) is 72.7 cm³/mol. The summed E-state index contributed by atoms with van der Waals surface area (Å²) >= 11 is 0. The van der Waals surface area contributed by atoms with Crippen LogP contribution in [-0.4, -0.2) is 50.1 Å². The zero-order valence-electron chi connectivity index (χ0n) is 12.5. The van der Waals surface area contributed by atoms with Crippen molar-refractivity contribution in [1.82, 2.24) is 0 Å². The van der Waals surface area contributed by atoms with Crippen molar-refractivity contribution in [2.24, 2.45) is 0 Å². The van der Waals surface area contributed by atoms with Crippen LogP contribution in [0.25, 0.3) is 0 Å². The van der Waals surface area contributed by atoms with Crippen molar-refractivity contribution in [2.45, 2.75) is 33.8 Å². The quantitative estimate of drug-likeness (QED) is 0.603. The molecule has 0 fully saturated rings. The summed E-state index contributed by atoms with van der Waals surface area (Å²) in [4.78, 5) is 20.6. The Morgan fingerprint density at radius 3 is 2.00 bits per heavy atom. The smallest absolute Gasteiger partial charge is 0.303 e. The van der Waals surface area contributed by atoms with Crippen molar-refractivity contribution in [2.75, 3.05) is 26.9 Å². The maximum absolute atomic E-state index is 10.3. The average molecular weight is 278 g/mol. The molecule has 1 unspecified atom stereocenters. The van der Waals surface area contributed by atoms with E-state index in [1.807, 2.05) is 6.92 Å². The Bertz CT molecular complexity index is 225. The number of carbonyl (C=O) groups is 2. The molecule has 1 atom stereocenters. The molecule has 0 saturated carbocycles. The van der Waals surface area contributed by atoms with Gasteiger partial charge in [-0.2, -0.15) is 0 Å². The molecule has 0 aliphatic rings. The first kappa shape index (κ1) is 22.8. The zero-order valence-corrected chi connectivity index (χ0v) is 12.5. The molecule has 19 heavy (non-hydrogen) atoms. The highest BCUT2D eigenvalue weighted by Gasteiger charge is 2.06. The van der Waals surface area contributed by atoms with E-state index in [-0.39, 0.29) is 31.3 Å². The molecule has 0 aliphatic carbocycles. The summed E-state index contributed by atoms with van der Waals surface area (Å²) in [6.07, 6.45) is 1.39. The first-order valence-electron chi connectivity index (χ1n) is 5.83. The lowest BCUT2D eigenvalue weighted by Crippen LogP contribution is -2.19. The summed E-state index contributed by atoms with van der Waals surface area (Å²) in [5, 5.41) is 7.94. The minimum Gasteiger partial charge on any atom is -0.462 e. The lowest BCUT2D eigenvalue weighted by Gasteiger charge is -2.10. The third-order valence-corrected chi connectivity index (χ3v) is 1.18. The van der Waals surface area contributed by atoms with Crippen LogP contribution in [0, 0.1) is 0 Å². The average Bonchev–Trinajstić information content (AvgIpc) is 2.28. The number of hydrogen-bond acceptors (Lipinski definition) is 6. The first-order valence-corrected chi connectivity index (χ1v) is 5.83. The third-order valence-electron chi connectivity index (χ3n) is 1.18. The van der Waals surface area contributed by atoms with Gasteiger partial charge in [-0.15, -0.1) is 6.58 Å². The molecule has 0 heterocycles. The van der Waals surface area contributed by atoms with Crippen LogP contribution < -0.4 is 0 Å². The molecule has 1 N–H and O–H groups in total. The van der Waals surface area contributed by atoms with Gasteiger partial charge in [-0.3, -0.25) is 9.59 Å². The molecule has 0 aromatic rings. The summed E-state index contributed by atoms with van der Waals surface area (Å²) in [5.74, 6) is -0.742. The standard InChI is InChI=1S/C7H12O4.C3H8O2.C3H6/c1-5(11-7(3)9)4-10-6(2)8;1-5-3-2-4;1-3-2/h5H,4H2,1-3H3;4H,2-3H2,1H3;3H,1H2,2H3. The van der Waals surface area contributed by atoms with Crippen molar-refractivity contribution >= 4 is 11.9 Å². The highest BCUT2D eigenvalue weighted by atomic mass is 16.6. The fourth-order valence-corrected chi connectivity index (χ4v) is 0.643. The van der Waals surface area contributed by atoms with E-state index in [0.29, 0.717) is 6.61 Å². The second-order valence-corrected chi connectivity index (χ2v) is 3.35. The van der Waals surface area contributed by atoms with Gasteiger partial charge in [0.2, 0.25) is 0 Å². The second-order valence-electron chi connectivity index (χ2n) is 3.35. The Morgan fingerprint density at radius 1 is 1.32 bits per heavy atom. The number of ether oxygens (including phenoxy) is 3. The van der Waals surface area contributed by atoms with Crippen LogP contribution in [0.5, 0.6) is 0 Å². The fraction of sp³-hybridized carbons (Fsp3) is 0.692. The van der Waals surface area contributed by atoms with E-state index in [2.05, 4.69) is 20.8 Å². The minimum absolute atomic E-state index is 0.120. The van der Waals surface area contributed by atoms with Crippen LogP contribution >= 0.6 is 0 Å². The van der Waals surface area contributed by atoms with Crippen LogP contribution in [0.15, 0.2) is 12.7 Å². The molecular weight excluding hydrogens is 252 g/mol. The summed E-state index contributed by atoms with van der Waals surface area (Å²) < 4.78 is 13.7. The van der Waals surface area contributed by atoms with Gasteiger partial charge in [0.25, 0.3) is 0 Å². The molecular formula is C13H26O6. The van der Waals surface area contributed by atoms with E-state index in [4.69, 9.17) is 5.11 Å². The number of aliphatic hydroxyl groups excluding tert-OH is 1. The normalized spacial score (nSPS) is 9.79. The molecule has 114 valence electrons. The molecule has 0 aromatic heterocycles. The van der Waals surface area contributed by atoms with Gasteiger partial charge < -0.3 is 19.3 Å². The lowest BCUT2D eigenvalue weighted by atomic mass is 10.4. The van der Waals surface area contributed by atoms with Crippen molar-refractivity contribution < 1.29 is 28.9 Å². The Hall–Kier alpha value is -1.40. The van der Waals surface area contributed by atoms with Gasteiger partial charge >= 0.3 is 11.9 Å². The monoisotopic (exact) mass is 278 g/mol. The van der Waals surface area contributed by atoms with Crippen LogP contribution in [-0.2, 0) is 23.8 Å². The Kier molecular flexibility index (Phi) is 22.7. The van der Waals surface area contributed by atoms with Crippen LogP contribution in [0.2, 0.25) is 0 Å². The van der Waals surface area contributed by atoms with Gasteiger partial charge in [0.1, 0.15) is 12.7 Å². The predicted octanol–water partition coefficient (Wildman–Crippen LogP) is 1.32. The Morgan fingerprint density at radius 2 is 1.79 bits per heavy atom. The largest absolute Gasteiger partial charge is 0.462 e. The SMILES string of the molecule is C=CC.CC(=O)OCC(C)OC(C)=O.COCCO. The van der Waals surface area contributed by atoms with Gasteiger partial charge in [0.15, 0.2) is 0 Å². The molecule has 0 aromatic carbocycles. The number of esters is 2. The topological polar surface area (TPSA) is 82.1 Å². The Balaban J connectivity index is -0.000000266. The third kappa shape index (κ3) is 38.4. The number of aliphatic hydroxyl groups is 1. The molecule has 0 amide bonds. The summed E-state index contributed by atoms with van der Waals surface area (Å²) in [6, 6.07) is 0. The highest BCUT2D eigenvalue weighted by Crippen LogP contribution is 1.92. The minimum atomic E-state index is -0.371. The Labute approximate surface area is 115 Å². The number of carbonyl (C=O) groups excluding carboxylic acids is 2. The molecule has 0 rings (SSSR count). The van der Waals surface area contributed by atoms with Crippen LogP contribution in [0.3, 0.4) is 0 Å². The summed E-state index contributed by atoms with van der Waals surface area (Å²) in [5.41, 5.74) is 0. The molecule has 6 heteroatoms. The zero-order chi connectivity index (χ0) is 15.7. The van der Waals surface area contributed by atoms with Crippen molar-refractivity contribution in [1.29, 1.82) is 0 Å². The number of methoxy groups -OCH3 is 1. The molecule has 0 aliphatic heterocycles. The summed E-state index contributed by atoms with van der Waals surface area (Å²) in [6.45, 7) is 10.2. The van der Waals surface area contributed by atoms with E-state index < -0.39 is 0 Å². The van der Waals surface area contributed by atoms with E-state index >= 15 is 0 Å². The van der Waals surface area contributed by atoms with E-state index in [1.54, 1.807) is 20.1 Å². The van der Waals surface area contributed by atoms with E-state index in [0.717, 1.165) is 0 Å². The van der Waals surface area contributed by atoms with Crippen molar-refractivity contribution in [3.8, 4) is 0 Å². The molecule has 0 spiro atoms. The molecule has 0 bridgehead atoms. The molecule has 6 nitrogen and oxygen atoms in total. The fourth-order valence-electron chi connectivity index (χ4n) is 0.643. The number of rotatable bonds is 5. The van der Waals surface area contributed by atoms with Gasteiger partial charge in [0.05, 0.1) is 13.2 Å². The van der Waals surface area contributed by atoms with Crippen molar-refractivity contribution in [3.63, 3.8) is 0 Å². The highest BCUT2D eigenvalue weighted by molar-refractivity contribution is 5.67. The maximum atomic E-state index is 10.3. The van der Waals surface area contributed by atoms with Crippen LogP contribution in [0.4, 0.5) is 0 Å². The van der Waals surface area contributed by atoms with Gasteiger partial charge in [-0.25, -0.2) is 0 Å².